The minimum absolute atomic E-state index is 0.0278. The summed E-state index contributed by atoms with van der Waals surface area (Å²) in [5.74, 6) is 4.84. The van der Waals surface area contributed by atoms with Crippen molar-refractivity contribution in [1.29, 1.82) is 0 Å². The van der Waals surface area contributed by atoms with E-state index in [4.69, 9.17) is 4.74 Å². The highest BCUT2D eigenvalue weighted by Crippen LogP contribution is 2.29. The van der Waals surface area contributed by atoms with E-state index in [2.05, 4.69) is 16.9 Å². The molecule has 2 aromatic rings. The third kappa shape index (κ3) is 3.70. The molecular weight excluding hydrogens is 385 g/mol. The van der Waals surface area contributed by atoms with Crippen LogP contribution in [0.15, 0.2) is 18.2 Å². The molecule has 1 unspecified atom stereocenters. The predicted molar refractivity (Wildman–Crippen MR) is 109 cm³/mol. The number of nitrogens with zero attached hydrogens (tertiary/aromatic N) is 3. The fourth-order valence-corrected chi connectivity index (χ4v) is 4.09. The molecule has 0 saturated carbocycles. The van der Waals surface area contributed by atoms with Crippen molar-refractivity contribution in [1.82, 2.24) is 14.7 Å². The van der Waals surface area contributed by atoms with Gasteiger partial charge in [-0.3, -0.25) is 4.79 Å². The molecule has 156 valence electrons. The molecule has 0 spiro atoms. The van der Waals surface area contributed by atoms with Gasteiger partial charge in [-0.2, -0.15) is 5.10 Å². The van der Waals surface area contributed by atoms with E-state index in [1.54, 1.807) is 31.0 Å². The first-order valence-electron chi connectivity index (χ1n) is 10.3. The van der Waals surface area contributed by atoms with Crippen LogP contribution in [0, 0.1) is 23.6 Å². The smallest absolute Gasteiger partial charge is 0.359 e. The van der Waals surface area contributed by atoms with Crippen LogP contribution < -0.4 is 0 Å². The number of piperidine rings is 1. The maximum Gasteiger partial charge on any atom is 0.359 e. The van der Waals surface area contributed by atoms with Crippen molar-refractivity contribution < 1.29 is 18.7 Å². The first-order valence-corrected chi connectivity index (χ1v) is 10.3. The molecule has 1 aliphatic heterocycles. The van der Waals surface area contributed by atoms with Crippen molar-refractivity contribution in [2.24, 2.45) is 5.92 Å². The third-order valence-corrected chi connectivity index (χ3v) is 5.62. The Bertz CT molecular complexity index is 1060. The summed E-state index contributed by atoms with van der Waals surface area (Å²) >= 11 is 0. The molecule has 7 heteroatoms. The van der Waals surface area contributed by atoms with Crippen LogP contribution in [0.3, 0.4) is 0 Å². The van der Waals surface area contributed by atoms with E-state index in [0.29, 0.717) is 5.56 Å². The molecule has 0 N–H and O–H groups in total. The van der Waals surface area contributed by atoms with Crippen molar-refractivity contribution in [2.45, 2.75) is 39.0 Å². The number of likely N-dealkylation sites (tertiary alicyclic amines) is 1. The van der Waals surface area contributed by atoms with Crippen LogP contribution in [0.2, 0.25) is 0 Å². The third-order valence-electron chi connectivity index (χ3n) is 5.62. The lowest BCUT2D eigenvalue weighted by Gasteiger charge is -2.26. The van der Waals surface area contributed by atoms with Gasteiger partial charge in [0.2, 0.25) is 5.91 Å². The topological polar surface area (TPSA) is 64.4 Å². The van der Waals surface area contributed by atoms with Crippen LogP contribution in [-0.4, -0.2) is 46.8 Å². The average molecular weight is 409 g/mol. The second kappa shape index (κ2) is 8.31. The molecule has 6 nitrogen and oxygen atoms in total. The molecule has 1 atom stereocenters. The predicted octanol–water partition coefficient (Wildman–Crippen LogP) is 2.90. The number of carbonyl (C=O) groups is 2. The molecule has 0 radical (unpaired) electrons. The Balaban J connectivity index is 1.69. The van der Waals surface area contributed by atoms with Gasteiger partial charge in [0.15, 0.2) is 5.69 Å². The number of carbonyl (C=O) groups excluding carboxylic acids is 2. The maximum absolute atomic E-state index is 14.7. The zero-order chi connectivity index (χ0) is 21.3. The maximum atomic E-state index is 14.7. The number of ether oxygens (including phenoxy) is 1. The van der Waals surface area contributed by atoms with E-state index in [-0.39, 0.29) is 29.8 Å². The van der Waals surface area contributed by atoms with Crippen LogP contribution >= 0.6 is 0 Å². The summed E-state index contributed by atoms with van der Waals surface area (Å²) in [6.45, 7) is 2.76. The molecule has 4 rings (SSSR count). The Labute approximate surface area is 175 Å². The molecular formula is C23H24FN3O3. The van der Waals surface area contributed by atoms with Crippen molar-refractivity contribution in [3.63, 3.8) is 0 Å². The summed E-state index contributed by atoms with van der Waals surface area (Å²) in [6.07, 6.45) is 3.99. The highest BCUT2D eigenvalue weighted by molar-refractivity contribution is 5.89. The molecule has 2 aliphatic rings. The molecule has 1 aromatic carbocycles. The summed E-state index contributed by atoms with van der Waals surface area (Å²) < 4.78 is 21.3. The standard InChI is InChI=1S/C23H24FN3O3/c1-3-30-23(29)21-17-7-4-8-19(17)27(25-21)20-14-15(10-12-18(20)24)9-11-16-6-5-13-26(2)22(16)28/h10,12,14,16H,3-8,13H2,1-2H3. The molecule has 30 heavy (non-hydrogen) atoms. The zero-order valence-electron chi connectivity index (χ0n) is 17.2. The summed E-state index contributed by atoms with van der Waals surface area (Å²) in [7, 11) is 1.78. The lowest BCUT2D eigenvalue weighted by atomic mass is 9.97. The fourth-order valence-electron chi connectivity index (χ4n) is 4.09. The number of amides is 1. The number of benzene rings is 1. The number of fused-ring (bicyclic) bond motifs is 1. The average Bonchev–Trinajstić information content (AvgIpc) is 3.33. The summed E-state index contributed by atoms with van der Waals surface area (Å²) in [4.78, 5) is 26.2. The highest BCUT2D eigenvalue weighted by Gasteiger charge is 2.29. The van der Waals surface area contributed by atoms with Gasteiger partial charge in [0.1, 0.15) is 11.5 Å². The van der Waals surface area contributed by atoms with Crippen LogP contribution in [0.4, 0.5) is 4.39 Å². The van der Waals surface area contributed by atoms with Gasteiger partial charge >= 0.3 is 5.97 Å². The molecule has 1 amide bonds. The summed E-state index contributed by atoms with van der Waals surface area (Å²) in [5.41, 5.74) is 2.79. The second-order valence-electron chi connectivity index (χ2n) is 7.65. The van der Waals surface area contributed by atoms with Gasteiger partial charge in [-0.05, 0) is 57.2 Å². The number of hydrogen-bond acceptors (Lipinski definition) is 4. The first kappa shape index (κ1) is 20.1. The minimum atomic E-state index is -0.481. The van der Waals surface area contributed by atoms with E-state index in [1.807, 2.05) is 0 Å². The normalized spacial score (nSPS) is 18.0. The van der Waals surface area contributed by atoms with E-state index in [1.165, 1.54) is 10.7 Å². The molecule has 2 heterocycles. The monoisotopic (exact) mass is 409 g/mol. The first-order chi connectivity index (χ1) is 14.5. The van der Waals surface area contributed by atoms with Gasteiger partial charge in [0, 0.05) is 30.4 Å². The minimum Gasteiger partial charge on any atom is -0.461 e. The largest absolute Gasteiger partial charge is 0.461 e. The Kier molecular flexibility index (Phi) is 5.58. The SMILES string of the molecule is CCOC(=O)c1nn(-c2cc(C#CC3CCCN(C)C3=O)ccc2F)c2c1CCC2. The van der Waals surface area contributed by atoms with Crippen LogP contribution in [-0.2, 0) is 22.4 Å². The van der Waals surface area contributed by atoms with Gasteiger partial charge in [-0.15, -0.1) is 0 Å². The number of rotatable bonds is 3. The lowest BCUT2D eigenvalue weighted by molar-refractivity contribution is -0.134. The van der Waals surface area contributed by atoms with Gasteiger partial charge < -0.3 is 9.64 Å². The van der Waals surface area contributed by atoms with Crippen molar-refractivity contribution in [3.05, 3.63) is 46.5 Å². The van der Waals surface area contributed by atoms with E-state index >= 15 is 0 Å². The summed E-state index contributed by atoms with van der Waals surface area (Å²) in [5, 5.41) is 4.39. The van der Waals surface area contributed by atoms with Crippen LogP contribution in [0.25, 0.3) is 5.69 Å². The zero-order valence-corrected chi connectivity index (χ0v) is 17.2. The van der Waals surface area contributed by atoms with E-state index < -0.39 is 11.8 Å². The molecule has 1 aromatic heterocycles. The second-order valence-corrected chi connectivity index (χ2v) is 7.65. The Hall–Kier alpha value is -3.14. The van der Waals surface area contributed by atoms with Gasteiger partial charge in [0.25, 0.3) is 0 Å². The molecule has 1 aliphatic carbocycles. The van der Waals surface area contributed by atoms with Crippen LogP contribution in [0.5, 0.6) is 0 Å². The Morgan fingerprint density at radius 3 is 2.97 bits per heavy atom. The van der Waals surface area contributed by atoms with E-state index in [9.17, 15) is 14.0 Å². The van der Waals surface area contributed by atoms with Gasteiger partial charge in [0.05, 0.1) is 12.5 Å². The quantitative estimate of drug-likeness (QED) is 0.578. The summed E-state index contributed by atoms with van der Waals surface area (Å²) in [6, 6.07) is 4.57. The fraction of sp³-hybridized carbons (Fsp3) is 0.435. The van der Waals surface area contributed by atoms with Gasteiger partial charge in [-0.1, -0.05) is 11.8 Å². The van der Waals surface area contributed by atoms with E-state index in [0.717, 1.165) is 49.9 Å². The number of halogens is 1. The van der Waals surface area contributed by atoms with Crippen molar-refractivity contribution >= 4 is 11.9 Å². The van der Waals surface area contributed by atoms with Gasteiger partial charge in [-0.25, -0.2) is 13.9 Å². The Morgan fingerprint density at radius 1 is 1.33 bits per heavy atom. The molecule has 1 fully saturated rings. The number of esters is 1. The number of hydrogen-bond donors (Lipinski definition) is 0. The Morgan fingerprint density at radius 2 is 2.17 bits per heavy atom. The lowest BCUT2D eigenvalue weighted by Crippen LogP contribution is -2.37. The number of aromatic nitrogens is 2. The highest BCUT2D eigenvalue weighted by atomic mass is 19.1. The van der Waals surface area contributed by atoms with Crippen molar-refractivity contribution in [2.75, 3.05) is 20.2 Å². The van der Waals surface area contributed by atoms with Crippen LogP contribution in [0.1, 0.15) is 53.5 Å². The molecule has 0 bridgehead atoms. The molecule has 1 saturated heterocycles. The van der Waals surface area contributed by atoms with Crippen molar-refractivity contribution in [3.8, 4) is 17.5 Å².